The first-order chi connectivity index (χ1) is 10.7. The van der Waals surface area contributed by atoms with Crippen molar-refractivity contribution in [1.29, 1.82) is 0 Å². The summed E-state index contributed by atoms with van der Waals surface area (Å²) < 4.78 is 0. The maximum Gasteiger partial charge on any atom is 0.223 e. The fraction of sp³-hybridized carbons (Fsp3) is 0.611. The van der Waals surface area contributed by atoms with E-state index in [9.17, 15) is 4.79 Å². The SMILES string of the molecule is CCN(CCCNC(=O)[C@H]1CCN[C@@H](C)C1)c1ccccc1.Cl. The van der Waals surface area contributed by atoms with Crippen LogP contribution in [0.25, 0.3) is 0 Å². The van der Waals surface area contributed by atoms with Crippen molar-refractivity contribution in [3.05, 3.63) is 30.3 Å². The van der Waals surface area contributed by atoms with Gasteiger partial charge in [-0.3, -0.25) is 4.79 Å². The van der Waals surface area contributed by atoms with Crippen molar-refractivity contribution in [3.63, 3.8) is 0 Å². The van der Waals surface area contributed by atoms with E-state index < -0.39 is 0 Å². The molecule has 0 bridgehead atoms. The fourth-order valence-corrected chi connectivity index (χ4v) is 3.10. The number of para-hydroxylation sites is 1. The normalized spacial score (nSPS) is 20.4. The van der Waals surface area contributed by atoms with E-state index in [1.54, 1.807) is 0 Å². The molecule has 0 radical (unpaired) electrons. The Labute approximate surface area is 146 Å². The van der Waals surface area contributed by atoms with Gasteiger partial charge in [0.25, 0.3) is 0 Å². The molecule has 1 aromatic carbocycles. The molecule has 4 nitrogen and oxygen atoms in total. The lowest BCUT2D eigenvalue weighted by Gasteiger charge is -2.27. The Morgan fingerprint density at radius 1 is 1.35 bits per heavy atom. The molecule has 1 heterocycles. The number of carbonyl (C=O) groups excluding carboxylic acids is 1. The summed E-state index contributed by atoms with van der Waals surface area (Å²) in [6.07, 6.45) is 2.90. The van der Waals surface area contributed by atoms with Crippen LogP contribution in [-0.4, -0.2) is 38.1 Å². The zero-order chi connectivity index (χ0) is 15.8. The van der Waals surface area contributed by atoms with Gasteiger partial charge in [-0.25, -0.2) is 0 Å². The minimum atomic E-state index is 0. The molecule has 2 rings (SSSR count). The maximum atomic E-state index is 12.2. The van der Waals surface area contributed by atoms with Crippen LogP contribution in [-0.2, 0) is 4.79 Å². The number of halogens is 1. The number of hydrogen-bond acceptors (Lipinski definition) is 3. The van der Waals surface area contributed by atoms with Crippen LogP contribution in [0, 0.1) is 5.92 Å². The van der Waals surface area contributed by atoms with Crippen LogP contribution in [0.3, 0.4) is 0 Å². The van der Waals surface area contributed by atoms with E-state index in [0.29, 0.717) is 6.04 Å². The average Bonchev–Trinajstić information content (AvgIpc) is 2.55. The van der Waals surface area contributed by atoms with Crippen LogP contribution in [0.5, 0.6) is 0 Å². The second-order valence-corrected chi connectivity index (χ2v) is 6.14. The summed E-state index contributed by atoms with van der Waals surface area (Å²) in [5, 5.41) is 6.50. The molecular weight excluding hydrogens is 310 g/mol. The van der Waals surface area contributed by atoms with E-state index >= 15 is 0 Å². The summed E-state index contributed by atoms with van der Waals surface area (Å²) in [6, 6.07) is 10.9. The molecule has 0 saturated carbocycles. The molecule has 1 saturated heterocycles. The highest BCUT2D eigenvalue weighted by atomic mass is 35.5. The third kappa shape index (κ3) is 6.40. The van der Waals surface area contributed by atoms with Crippen LogP contribution in [0.2, 0.25) is 0 Å². The lowest BCUT2D eigenvalue weighted by atomic mass is 9.92. The number of anilines is 1. The minimum absolute atomic E-state index is 0. The molecule has 2 N–H and O–H groups in total. The Morgan fingerprint density at radius 3 is 2.74 bits per heavy atom. The van der Waals surface area contributed by atoms with E-state index in [2.05, 4.69) is 53.6 Å². The number of rotatable bonds is 7. The third-order valence-electron chi connectivity index (χ3n) is 4.40. The molecule has 5 heteroatoms. The molecule has 1 aliphatic rings. The summed E-state index contributed by atoms with van der Waals surface area (Å²) in [5.74, 6) is 0.420. The van der Waals surface area contributed by atoms with Crippen molar-refractivity contribution in [2.45, 2.75) is 39.2 Å². The molecule has 1 fully saturated rings. The van der Waals surface area contributed by atoms with Crippen LogP contribution >= 0.6 is 12.4 Å². The Kier molecular flexibility index (Phi) is 9.03. The minimum Gasteiger partial charge on any atom is -0.372 e. The molecule has 1 aliphatic heterocycles. The summed E-state index contributed by atoms with van der Waals surface area (Å²) in [5.41, 5.74) is 1.25. The zero-order valence-electron chi connectivity index (χ0n) is 14.3. The van der Waals surface area contributed by atoms with Crippen molar-refractivity contribution in [2.75, 3.05) is 31.1 Å². The summed E-state index contributed by atoms with van der Waals surface area (Å²) in [6.45, 7) is 8.00. The number of hydrogen-bond donors (Lipinski definition) is 2. The Bertz CT molecular complexity index is 455. The molecule has 0 aliphatic carbocycles. The first-order valence-electron chi connectivity index (χ1n) is 8.51. The Balaban J connectivity index is 0.00000264. The molecule has 0 aromatic heterocycles. The van der Waals surface area contributed by atoms with Gasteiger partial charge in [0, 0.05) is 37.3 Å². The predicted molar refractivity (Wildman–Crippen MR) is 99.4 cm³/mol. The number of carbonyl (C=O) groups is 1. The van der Waals surface area contributed by atoms with E-state index in [4.69, 9.17) is 0 Å². The zero-order valence-corrected chi connectivity index (χ0v) is 15.1. The monoisotopic (exact) mass is 339 g/mol. The largest absolute Gasteiger partial charge is 0.372 e. The predicted octanol–water partition coefficient (Wildman–Crippen LogP) is 2.83. The second-order valence-electron chi connectivity index (χ2n) is 6.14. The quantitative estimate of drug-likeness (QED) is 0.751. The van der Waals surface area contributed by atoms with Crippen molar-refractivity contribution < 1.29 is 4.79 Å². The van der Waals surface area contributed by atoms with Crippen molar-refractivity contribution >= 4 is 24.0 Å². The standard InChI is InChI=1S/C18H29N3O.ClH/c1-3-21(17-8-5-4-6-9-17)13-7-11-20-18(22)16-10-12-19-15(2)14-16;/h4-6,8-9,15-16,19H,3,7,10-14H2,1-2H3,(H,20,22);1H/t15-,16-;/m0./s1. The number of piperidine rings is 1. The molecule has 23 heavy (non-hydrogen) atoms. The van der Waals surface area contributed by atoms with Gasteiger partial charge < -0.3 is 15.5 Å². The first-order valence-corrected chi connectivity index (χ1v) is 8.51. The lowest BCUT2D eigenvalue weighted by Crippen LogP contribution is -2.42. The molecule has 1 aromatic rings. The van der Waals surface area contributed by atoms with E-state index in [0.717, 1.165) is 45.4 Å². The third-order valence-corrected chi connectivity index (χ3v) is 4.40. The molecule has 0 spiro atoms. The molecule has 2 atom stereocenters. The van der Waals surface area contributed by atoms with Gasteiger partial charge >= 0.3 is 0 Å². The van der Waals surface area contributed by atoms with Gasteiger partial charge in [-0.2, -0.15) is 0 Å². The van der Waals surface area contributed by atoms with E-state index in [1.165, 1.54) is 5.69 Å². The number of amides is 1. The first kappa shape index (κ1) is 19.8. The van der Waals surface area contributed by atoms with Gasteiger partial charge in [0.05, 0.1) is 0 Å². The van der Waals surface area contributed by atoms with Crippen LogP contribution < -0.4 is 15.5 Å². The average molecular weight is 340 g/mol. The molecule has 0 unspecified atom stereocenters. The number of nitrogens with zero attached hydrogens (tertiary/aromatic N) is 1. The topological polar surface area (TPSA) is 44.4 Å². The Morgan fingerprint density at radius 2 is 2.09 bits per heavy atom. The lowest BCUT2D eigenvalue weighted by molar-refractivity contribution is -0.126. The van der Waals surface area contributed by atoms with Gasteiger partial charge in [0.1, 0.15) is 0 Å². The fourth-order valence-electron chi connectivity index (χ4n) is 3.10. The molecule has 1 amide bonds. The number of benzene rings is 1. The highest BCUT2D eigenvalue weighted by Gasteiger charge is 2.24. The van der Waals surface area contributed by atoms with E-state index in [-0.39, 0.29) is 24.2 Å². The maximum absolute atomic E-state index is 12.2. The highest BCUT2D eigenvalue weighted by Crippen LogP contribution is 2.16. The van der Waals surface area contributed by atoms with Gasteiger partial charge in [-0.15, -0.1) is 12.4 Å². The summed E-state index contributed by atoms with van der Waals surface area (Å²) in [7, 11) is 0. The highest BCUT2D eigenvalue weighted by molar-refractivity contribution is 5.85. The second kappa shape index (κ2) is 10.5. The van der Waals surface area contributed by atoms with Crippen molar-refractivity contribution in [3.8, 4) is 0 Å². The van der Waals surface area contributed by atoms with Crippen LogP contribution in [0.15, 0.2) is 30.3 Å². The van der Waals surface area contributed by atoms with Crippen LogP contribution in [0.4, 0.5) is 5.69 Å². The number of nitrogens with one attached hydrogen (secondary N) is 2. The van der Waals surface area contributed by atoms with Gasteiger partial charge in [-0.1, -0.05) is 18.2 Å². The smallest absolute Gasteiger partial charge is 0.223 e. The van der Waals surface area contributed by atoms with Gasteiger partial charge in [-0.05, 0) is 51.8 Å². The molecular formula is C18H30ClN3O. The van der Waals surface area contributed by atoms with Crippen molar-refractivity contribution in [2.24, 2.45) is 5.92 Å². The van der Waals surface area contributed by atoms with E-state index in [1.807, 2.05) is 6.07 Å². The summed E-state index contributed by atoms with van der Waals surface area (Å²) >= 11 is 0. The molecule has 130 valence electrons. The van der Waals surface area contributed by atoms with Gasteiger partial charge in [0.2, 0.25) is 5.91 Å². The Hall–Kier alpha value is -1.26. The van der Waals surface area contributed by atoms with Crippen molar-refractivity contribution in [1.82, 2.24) is 10.6 Å². The summed E-state index contributed by atoms with van der Waals surface area (Å²) in [4.78, 5) is 14.5. The van der Waals surface area contributed by atoms with Crippen LogP contribution in [0.1, 0.15) is 33.1 Å². The van der Waals surface area contributed by atoms with Gasteiger partial charge in [0.15, 0.2) is 0 Å².